The van der Waals surface area contributed by atoms with Gasteiger partial charge in [-0.05, 0) is 30.3 Å². The van der Waals surface area contributed by atoms with Gasteiger partial charge in [-0.2, -0.15) is 5.10 Å². The third kappa shape index (κ3) is 1.65. The summed E-state index contributed by atoms with van der Waals surface area (Å²) in [5.74, 6) is 0.242. The number of rotatable bonds is 1. The van der Waals surface area contributed by atoms with Crippen molar-refractivity contribution in [1.82, 2.24) is 10.2 Å². The highest BCUT2D eigenvalue weighted by Crippen LogP contribution is 2.30. The fraction of sp³-hybridized carbons (Fsp3) is 0. The number of benzene rings is 2. The number of aromatic amines is 1. The Labute approximate surface area is 103 Å². The molecule has 3 rings (SSSR count). The molecule has 0 fully saturated rings. The summed E-state index contributed by atoms with van der Waals surface area (Å²) in [5, 5.41) is 18.1. The summed E-state index contributed by atoms with van der Waals surface area (Å²) in [4.78, 5) is 0. The molecule has 0 saturated heterocycles. The van der Waals surface area contributed by atoms with Gasteiger partial charge in [0.1, 0.15) is 5.75 Å². The van der Waals surface area contributed by atoms with Gasteiger partial charge >= 0.3 is 0 Å². The number of aromatic hydroxyl groups is 1. The topological polar surface area (TPSA) is 48.9 Å². The number of halogens is 1. The van der Waals surface area contributed by atoms with Crippen LogP contribution >= 0.6 is 11.6 Å². The Balaban J connectivity index is 2.24. The largest absolute Gasteiger partial charge is 0.508 e. The first-order chi connectivity index (χ1) is 8.25. The molecule has 4 heteroatoms. The highest BCUT2D eigenvalue weighted by Gasteiger charge is 2.09. The highest BCUT2D eigenvalue weighted by molar-refractivity contribution is 6.35. The van der Waals surface area contributed by atoms with Crippen molar-refractivity contribution in [3.8, 4) is 17.0 Å². The first-order valence-electron chi connectivity index (χ1n) is 5.18. The zero-order valence-electron chi connectivity index (χ0n) is 8.81. The number of nitrogens with zero attached hydrogens (tertiary/aromatic N) is 1. The van der Waals surface area contributed by atoms with E-state index in [1.54, 1.807) is 12.1 Å². The van der Waals surface area contributed by atoms with E-state index in [0.717, 1.165) is 22.2 Å². The van der Waals surface area contributed by atoms with Gasteiger partial charge in [-0.25, -0.2) is 0 Å². The molecule has 3 nitrogen and oxygen atoms in total. The lowest BCUT2D eigenvalue weighted by molar-refractivity contribution is 0.475. The molecule has 1 heterocycles. The molecule has 0 unspecified atom stereocenters. The molecule has 1 aromatic heterocycles. The Bertz CT molecular complexity index is 673. The van der Waals surface area contributed by atoms with Gasteiger partial charge in [0.25, 0.3) is 0 Å². The number of fused-ring (bicyclic) bond motifs is 1. The van der Waals surface area contributed by atoms with E-state index < -0.39 is 0 Å². The van der Waals surface area contributed by atoms with Crippen LogP contribution in [0.1, 0.15) is 0 Å². The summed E-state index contributed by atoms with van der Waals surface area (Å²) in [6.07, 6.45) is 0. The van der Waals surface area contributed by atoms with Crippen LogP contribution < -0.4 is 0 Å². The van der Waals surface area contributed by atoms with E-state index in [2.05, 4.69) is 10.2 Å². The number of phenolic OH excluding ortho intramolecular Hbond substituents is 1. The number of hydrogen-bond acceptors (Lipinski definition) is 2. The quantitative estimate of drug-likeness (QED) is 0.687. The summed E-state index contributed by atoms with van der Waals surface area (Å²) < 4.78 is 0. The molecular formula is C13H9ClN2O. The predicted molar refractivity (Wildman–Crippen MR) is 68.2 cm³/mol. The van der Waals surface area contributed by atoms with Crippen LogP contribution in [0.25, 0.3) is 22.2 Å². The van der Waals surface area contributed by atoms with Crippen molar-refractivity contribution >= 4 is 22.5 Å². The number of H-pyrrole nitrogens is 1. The van der Waals surface area contributed by atoms with E-state index in [0.29, 0.717) is 5.02 Å². The zero-order chi connectivity index (χ0) is 11.8. The van der Waals surface area contributed by atoms with E-state index in [4.69, 9.17) is 11.6 Å². The summed E-state index contributed by atoms with van der Waals surface area (Å²) in [5.41, 5.74) is 2.61. The molecule has 0 radical (unpaired) electrons. The summed E-state index contributed by atoms with van der Waals surface area (Å²) >= 11 is 6.07. The van der Waals surface area contributed by atoms with E-state index in [9.17, 15) is 5.11 Å². The molecule has 84 valence electrons. The molecule has 0 amide bonds. The first-order valence-corrected chi connectivity index (χ1v) is 5.55. The molecule has 0 spiro atoms. The van der Waals surface area contributed by atoms with Gasteiger partial charge in [-0.15, -0.1) is 0 Å². The van der Waals surface area contributed by atoms with Crippen molar-refractivity contribution in [3.05, 3.63) is 47.5 Å². The van der Waals surface area contributed by atoms with Crippen LogP contribution in [-0.2, 0) is 0 Å². The molecule has 0 aliphatic rings. The lowest BCUT2D eigenvalue weighted by atomic mass is 10.1. The van der Waals surface area contributed by atoms with Gasteiger partial charge in [-0.3, -0.25) is 5.10 Å². The third-order valence-electron chi connectivity index (χ3n) is 2.69. The Morgan fingerprint density at radius 1 is 1.06 bits per heavy atom. The maximum atomic E-state index is 9.26. The van der Waals surface area contributed by atoms with Crippen LogP contribution in [0.4, 0.5) is 0 Å². The average Bonchev–Trinajstić information content (AvgIpc) is 2.75. The van der Waals surface area contributed by atoms with Gasteiger partial charge in [-0.1, -0.05) is 23.7 Å². The molecule has 0 aliphatic carbocycles. The fourth-order valence-electron chi connectivity index (χ4n) is 1.85. The summed E-state index contributed by atoms with van der Waals surface area (Å²) in [6.45, 7) is 0. The Morgan fingerprint density at radius 3 is 2.59 bits per heavy atom. The minimum absolute atomic E-state index is 0.242. The van der Waals surface area contributed by atoms with Crippen molar-refractivity contribution < 1.29 is 5.11 Å². The maximum absolute atomic E-state index is 9.26. The van der Waals surface area contributed by atoms with Crippen LogP contribution in [0.2, 0.25) is 5.02 Å². The van der Waals surface area contributed by atoms with Crippen LogP contribution in [0.5, 0.6) is 5.75 Å². The normalized spacial score (nSPS) is 10.9. The minimum atomic E-state index is 0.242. The fourth-order valence-corrected chi connectivity index (χ4v) is 2.06. The van der Waals surface area contributed by atoms with Gasteiger partial charge in [0.05, 0.1) is 16.2 Å². The van der Waals surface area contributed by atoms with Crippen LogP contribution in [0.3, 0.4) is 0 Å². The summed E-state index contributed by atoms with van der Waals surface area (Å²) in [6, 6.07) is 12.6. The number of hydrogen-bond donors (Lipinski definition) is 2. The smallest absolute Gasteiger partial charge is 0.115 e. The van der Waals surface area contributed by atoms with Crippen LogP contribution in [0.15, 0.2) is 42.5 Å². The standard InChI is InChI=1S/C13H9ClN2O/c14-11-3-1-2-10-12(15-16-13(10)11)8-4-6-9(17)7-5-8/h1-7,17H,(H,15,16). The molecule has 0 aliphatic heterocycles. The Kier molecular flexibility index (Phi) is 2.27. The SMILES string of the molecule is Oc1ccc(-c2n[nH]c3c(Cl)cccc23)cc1. The van der Waals surface area contributed by atoms with Gasteiger partial charge in [0, 0.05) is 10.9 Å². The summed E-state index contributed by atoms with van der Waals surface area (Å²) in [7, 11) is 0. The Hall–Kier alpha value is -2.00. The lowest BCUT2D eigenvalue weighted by Crippen LogP contribution is -1.77. The van der Waals surface area contributed by atoms with Crippen LogP contribution in [-0.4, -0.2) is 15.3 Å². The molecule has 0 saturated carbocycles. The van der Waals surface area contributed by atoms with Crippen molar-refractivity contribution in [2.45, 2.75) is 0 Å². The number of para-hydroxylation sites is 1. The monoisotopic (exact) mass is 244 g/mol. The Morgan fingerprint density at radius 2 is 1.82 bits per heavy atom. The zero-order valence-corrected chi connectivity index (χ0v) is 9.57. The lowest BCUT2D eigenvalue weighted by Gasteiger charge is -1.98. The first kappa shape index (κ1) is 10.2. The van der Waals surface area contributed by atoms with Crippen molar-refractivity contribution in [3.63, 3.8) is 0 Å². The number of nitrogens with one attached hydrogen (secondary N) is 1. The second-order valence-corrected chi connectivity index (χ2v) is 4.19. The third-order valence-corrected chi connectivity index (χ3v) is 3.00. The van der Waals surface area contributed by atoms with Crippen molar-refractivity contribution in [2.75, 3.05) is 0 Å². The molecule has 17 heavy (non-hydrogen) atoms. The van der Waals surface area contributed by atoms with Gasteiger partial charge in [0.2, 0.25) is 0 Å². The maximum Gasteiger partial charge on any atom is 0.115 e. The molecule has 3 aromatic rings. The predicted octanol–water partition coefficient (Wildman–Crippen LogP) is 3.59. The molecule has 2 N–H and O–H groups in total. The van der Waals surface area contributed by atoms with E-state index in [-0.39, 0.29) is 5.75 Å². The average molecular weight is 245 g/mol. The molecular weight excluding hydrogens is 236 g/mol. The van der Waals surface area contributed by atoms with E-state index in [1.807, 2.05) is 30.3 Å². The molecule has 2 aromatic carbocycles. The highest BCUT2D eigenvalue weighted by atomic mass is 35.5. The van der Waals surface area contributed by atoms with Crippen LogP contribution in [0, 0.1) is 0 Å². The second kappa shape index (κ2) is 3.79. The number of aromatic nitrogens is 2. The van der Waals surface area contributed by atoms with E-state index in [1.165, 1.54) is 0 Å². The van der Waals surface area contributed by atoms with Gasteiger partial charge < -0.3 is 5.11 Å². The van der Waals surface area contributed by atoms with Crippen molar-refractivity contribution in [2.24, 2.45) is 0 Å². The molecule has 0 atom stereocenters. The van der Waals surface area contributed by atoms with Gasteiger partial charge in [0.15, 0.2) is 0 Å². The van der Waals surface area contributed by atoms with E-state index >= 15 is 0 Å². The minimum Gasteiger partial charge on any atom is -0.508 e. The molecule has 0 bridgehead atoms. The van der Waals surface area contributed by atoms with Crippen molar-refractivity contribution in [1.29, 1.82) is 0 Å². The number of phenols is 1. The second-order valence-electron chi connectivity index (χ2n) is 3.78.